The van der Waals surface area contributed by atoms with Crippen LogP contribution >= 0.6 is 0 Å². The zero-order chi connectivity index (χ0) is 14.4. The first-order chi connectivity index (χ1) is 8.17. The van der Waals surface area contributed by atoms with Gasteiger partial charge in [0.2, 0.25) is 0 Å². The highest BCUT2D eigenvalue weighted by atomic mass is 16.2. The Morgan fingerprint density at radius 2 is 1.17 bits per heavy atom. The van der Waals surface area contributed by atoms with Crippen molar-refractivity contribution in [2.24, 2.45) is 10.2 Å². The average Bonchev–Trinajstić information content (AvgIpc) is 2.27. The molecule has 0 aromatic rings. The molecule has 0 atom stereocenters. The predicted molar refractivity (Wildman–Crippen MR) is 69.7 cm³/mol. The van der Waals surface area contributed by atoms with Gasteiger partial charge >= 0.3 is 0 Å². The maximum atomic E-state index is 11.6. The maximum Gasteiger partial charge on any atom is 0.253 e. The molecule has 0 unspecified atom stereocenters. The van der Waals surface area contributed by atoms with E-state index in [1.807, 2.05) is 0 Å². The Morgan fingerprint density at radius 3 is 1.39 bits per heavy atom. The van der Waals surface area contributed by atoms with Gasteiger partial charge in [-0.1, -0.05) is 13.2 Å². The number of rotatable bonds is 6. The van der Waals surface area contributed by atoms with E-state index in [-0.39, 0.29) is 11.8 Å². The third kappa shape index (κ3) is 4.48. The molecule has 0 spiro atoms. The second-order valence-electron chi connectivity index (χ2n) is 4.67. The summed E-state index contributed by atoms with van der Waals surface area (Å²) in [7, 11) is 0. The van der Waals surface area contributed by atoms with E-state index in [1.165, 1.54) is 12.4 Å². The van der Waals surface area contributed by atoms with Crippen molar-refractivity contribution >= 4 is 11.8 Å². The van der Waals surface area contributed by atoms with Gasteiger partial charge in [-0.3, -0.25) is 9.59 Å². The highest BCUT2D eigenvalue weighted by Gasteiger charge is 2.31. The van der Waals surface area contributed by atoms with Crippen LogP contribution < -0.4 is 10.6 Å². The summed E-state index contributed by atoms with van der Waals surface area (Å²) < 4.78 is 0. The number of nitrogens with one attached hydrogen (secondary N) is 2. The lowest BCUT2D eigenvalue weighted by Crippen LogP contribution is -2.41. The maximum absolute atomic E-state index is 11.6. The van der Waals surface area contributed by atoms with Crippen molar-refractivity contribution in [2.75, 3.05) is 0 Å². The molecule has 6 nitrogen and oxygen atoms in total. The van der Waals surface area contributed by atoms with Crippen molar-refractivity contribution in [3.63, 3.8) is 0 Å². The summed E-state index contributed by atoms with van der Waals surface area (Å²) in [5.74, 6) is -0.692. The fourth-order valence-electron chi connectivity index (χ4n) is 0.879. The van der Waals surface area contributed by atoms with Gasteiger partial charge in [0.05, 0.1) is 0 Å². The molecule has 0 saturated carbocycles. The van der Waals surface area contributed by atoms with E-state index >= 15 is 0 Å². The van der Waals surface area contributed by atoms with Crippen LogP contribution in [0, 0.1) is 0 Å². The smallest absolute Gasteiger partial charge is 0.253 e. The molecule has 0 saturated heterocycles. The van der Waals surface area contributed by atoms with E-state index < -0.39 is 11.1 Å². The van der Waals surface area contributed by atoms with Crippen LogP contribution in [0.25, 0.3) is 0 Å². The molecule has 2 N–H and O–H groups in total. The van der Waals surface area contributed by atoms with Crippen LogP contribution in [0.4, 0.5) is 0 Å². The third-order valence-corrected chi connectivity index (χ3v) is 2.13. The van der Waals surface area contributed by atoms with Crippen LogP contribution in [0.5, 0.6) is 0 Å². The first-order valence-corrected chi connectivity index (χ1v) is 5.45. The van der Waals surface area contributed by atoms with Crippen molar-refractivity contribution in [1.29, 1.82) is 0 Å². The lowest BCUT2D eigenvalue weighted by Gasteiger charge is -2.20. The number of hydrogen-bond donors (Lipinski definition) is 2. The second-order valence-corrected chi connectivity index (χ2v) is 4.67. The summed E-state index contributed by atoms with van der Waals surface area (Å²) in [6.07, 6.45) is 2.55. The monoisotopic (exact) mass is 252 g/mol. The summed E-state index contributed by atoms with van der Waals surface area (Å²) in [6, 6.07) is 0. The van der Waals surface area contributed by atoms with Crippen LogP contribution in [0.3, 0.4) is 0 Å². The standard InChI is InChI=1S/C12H20N4O2/c1-7-13-9(17)11(3,4)15-16-12(5,6)10(18)14-8-2/h7-8H,1-2H2,3-6H3,(H,13,17)(H,14,18)/b16-15+. The Balaban J connectivity index is 4.90. The summed E-state index contributed by atoms with van der Waals surface area (Å²) in [6.45, 7) is 13.2. The van der Waals surface area contributed by atoms with Gasteiger partial charge in [-0.25, -0.2) is 0 Å². The Hall–Kier alpha value is -1.98. The fourth-order valence-corrected chi connectivity index (χ4v) is 0.879. The van der Waals surface area contributed by atoms with Gasteiger partial charge in [-0.05, 0) is 40.1 Å². The molecule has 6 heteroatoms. The Kier molecular flexibility index (Phi) is 5.42. The number of carbonyl (C=O) groups excluding carboxylic acids is 2. The van der Waals surface area contributed by atoms with Crippen LogP contribution in [0.15, 0.2) is 35.8 Å². The number of carbonyl (C=O) groups is 2. The normalized spacial score (nSPS) is 12.0. The minimum atomic E-state index is -1.07. The molecule has 0 aliphatic rings. The van der Waals surface area contributed by atoms with E-state index in [9.17, 15) is 9.59 Å². The van der Waals surface area contributed by atoms with E-state index in [1.54, 1.807) is 27.7 Å². The zero-order valence-corrected chi connectivity index (χ0v) is 11.3. The van der Waals surface area contributed by atoms with Gasteiger partial charge in [0.25, 0.3) is 11.8 Å². The summed E-state index contributed by atoms with van der Waals surface area (Å²) in [5, 5.41) is 12.7. The molecule has 2 amide bonds. The molecule has 0 bridgehead atoms. The zero-order valence-electron chi connectivity index (χ0n) is 11.3. The lowest BCUT2D eigenvalue weighted by atomic mass is 10.1. The van der Waals surface area contributed by atoms with Gasteiger partial charge in [0.1, 0.15) is 0 Å². The van der Waals surface area contributed by atoms with Crippen LogP contribution in [-0.2, 0) is 9.59 Å². The lowest BCUT2D eigenvalue weighted by molar-refractivity contribution is -0.126. The van der Waals surface area contributed by atoms with Gasteiger partial charge < -0.3 is 10.6 Å². The van der Waals surface area contributed by atoms with Crippen molar-refractivity contribution < 1.29 is 9.59 Å². The van der Waals surface area contributed by atoms with Crippen LogP contribution in [-0.4, -0.2) is 22.9 Å². The first-order valence-electron chi connectivity index (χ1n) is 5.45. The summed E-state index contributed by atoms with van der Waals surface area (Å²) in [5.41, 5.74) is -2.14. The van der Waals surface area contributed by atoms with E-state index in [0.717, 1.165) is 0 Å². The van der Waals surface area contributed by atoms with Gasteiger partial charge in [0.15, 0.2) is 11.1 Å². The minimum absolute atomic E-state index is 0.346. The van der Waals surface area contributed by atoms with Crippen molar-refractivity contribution in [3.05, 3.63) is 25.6 Å². The van der Waals surface area contributed by atoms with Crippen LogP contribution in [0.2, 0.25) is 0 Å². The minimum Gasteiger partial charge on any atom is -0.331 e. The molecule has 100 valence electrons. The number of amides is 2. The van der Waals surface area contributed by atoms with Gasteiger partial charge in [0, 0.05) is 0 Å². The molecule has 0 fully saturated rings. The second kappa shape index (κ2) is 6.09. The number of hydrogen-bond acceptors (Lipinski definition) is 4. The molecule has 0 aliphatic carbocycles. The van der Waals surface area contributed by atoms with E-state index in [4.69, 9.17) is 0 Å². The van der Waals surface area contributed by atoms with Crippen molar-refractivity contribution in [3.8, 4) is 0 Å². The summed E-state index contributed by atoms with van der Waals surface area (Å²) in [4.78, 5) is 23.2. The molecule has 0 aromatic carbocycles. The highest BCUT2D eigenvalue weighted by molar-refractivity contribution is 5.87. The molecule has 0 rings (SSSR count). The molecule has 18 heavy (non-hydrogen) atoms. The largest absolute Gasteiger partial charge is 0.331 e. The third-order valence-electron chi connectivity index (χ3n) is 2.13. The Morgan fingerprint density at radius 1 is 0.889 bits per heavy atom. The highest BCUT2D eigenvalue weighted by Crippen LogP contribution is 2.16. The van der Waals surface area contributed by atoms with Crippen LogP contribution in [0.1, 0.15) is 27.7 Å². The molecule has 0 aliphatic heterocycles. The van der Waals surface area contributed by atoms with Gasteiger partial charge in [-0.15, -0.1) is 0 Å². The molecule has 0 heterocycles. The number of nitrogens with zero attached hydrogens (tertiary/aromatic N) is 2. The van der Waals surface area contributed by atoms with E-state index in [0.29, 0.717) is 0 Å². The van der Waals surface area contributed by atoms with Crippen molar-refractivity contribution in [1.82, 2.24) is 10.6 Å². The first kappa shape index (κ1) is 16.0. The molecule has 0 aromatic heterocycles. The molecule has 0 radical (unpaired) electrons. The predicted octanol–water partition coefficient (Wildman–Crippen LogP) is 1.52. The summed E-state index contributed by atoms with van der Waals surface area (Å²) >= 11 is 0. The quantitative estimate of drug-likeness (QED) is 0.702. The average molecular weight is 252 g/mol. The topological polar surface area (TPSA) is 82.9 Å². The fraction of sp³-hybridized carbons (Fsp3) is 0.500. The number of azo groups is 1. The van der Waals surface area contributed by atoms with Gasteiger partial charge in [-0.2, -0.15) is 10.2 Å². The van der Waals surface area contributed by atoms with E-state index in [2.05, 4.69) is 34.0 Å². The molecular formula is C12H20N4O2. The SMILES string of the molecule is C=CNC(=O)C(C)(C)/N=N/C(C)(C)C(=O)NC=C. The Labute approximate surface area is 107 Å². The van der Waals surface area contributed by atoms with Crippen molar-refractivity contribution in [2.45, 2.75) is 38.8 Å². The molecular weight excluding hydrogens is 232 g/mol. The Bertz CT molecular complexity index is 348.